The van der Waals surface area contributed by atoms with Gasteiger partial charge in [0, 0.05) is 37.1 Å². The fourth-order valence-corrected chi connectivity index (χ4v) is 5.79. The van der Waals surface area contributed by atoms with E-state index in [0.717, 1.165) is 36.0 Å². The average molecular weight is 642 g/mol. The van der Waals surface area contributed by atoms with Gasteiger partial charge in [0.1, 0.15) is 11.6 Å². The van der Waals surface area contributed by atoms with Gasteiger partial charge in [0.05, 0.1) is 6.61 Å². The number of amidine groups is 1. The molecule has 1 amide bonds. The molecule has 0 saturated carbocycles. The molecule has 0 aromatic heterocycles. The third kappa shape index (κ3) is 11.0. The molecule has 0 atom stereocenters. The van der Waals surface area contributed by atoms with E-state index >= 15 is 0 Å². The van der Waals surface area contributed by atoms with Crippen LogP contribution in [-0.2, 0) is 31.8 Å². The third-order valence-corrected chi connectivity index (χ3v) is 8.40. The molecule has 0 radical (unpaired) electrons. The number of nitrogens with zero attached hydrogens (tertiary/aromatic N) is 1. The smallest absolute Gasteiger partial charge is 0.306 e. The number of hydrogen-bond donors (Lipinski definition) is 3. The van der Waals surface area contributed by atoms with Crippen LogP contribution < -0.4 is 5.73 Å². The molecule has 240 valence electrons. The van der Waals surface area contributed by atoms with Crippen molar-refractivity contribution < 1.29 is 27.3 Å². The van der Waals surface area contributed by atoms with Crippen LogP contribution in [0.2, 0.25) is 0 Å². The van der Waals surface area contributed by atoms with Crippen LogP contribution in [0.3, 0.4) is 0 Å². The van der Waals surface area contributed by atoms with E-state index in [1.54, 1.807) is 30.3 Å². The summed E-state index contributed by atoms with van der Waals surface area (Å²) in [7, 11) is -3.88. The van der Waals surface area contributed by atoms with Crippen molar-refractivity contribution in [2.24, 2.45) is 11.7 Å². The lowest BCUT2D eigenvalue weighted by atomic mass is 9.93. The van der Waals surface area contributed by atoms with E-state index in [4.69, 9.17) is 20.4 Å². The van der Waals surface area contributed by atoms with E-state index in [1.807, 2.05) is 83.8 Å². The number of amides is 1. The number of hydrogen-bond acceptors (Lipinski definition) is 6. The van der Waals surface area contributed by atoms with E-state index in [1.165, 1.54) is 0 Å². The Morgan fingerprint density at radius 3 is 1.78 bits per heavy atom. The molecule has 1 heterocycles. The van der Waals surface area contributed by atoms with Gasteiger partial charge >= 0.3 is 5.97 Å². The SMILES string of the molecule is N=C(N)c1ccc(-c2ccc(C(=O)N3CCC(CC(=O)OCCc4ccccc4)CC3)cc2)cc1.O=S(=O)(O)Cc1ccccc1. The van der Waals surface area contributed by atoms with E-state index < -0.39 is 10.1 Å². The molecule has 0 spiro atoms. The second-order valence-electron chi connectivity index (χ2n) is 11.2. The highest BCUT2D eigenvalue weighted by Gasteiger charge is 2.25. The molecule has 1 saturated heterocycles. The minimum atomic E-state index is -3.88. The van der Waals surface area contributed by atoms with Gasteiger partial charge in [-0.1, -0.05) is 97.1 Å². The second kappa shape index (κ2) is 16.5. The number of ether oxygens (including phenoxy) is 1. The molecule has 9 nitrogen and oxygen atoms in total. The molecule has 0 unspecified atom stereocenters. The zero-order chi connectivity index (χ0) is 32.9. The first-order valence-electron chi connectivity index (χ1n) is 15.1. The largest absolute Gasteiger partial charge is 0.465 e. The molecule has 1 aliphatic rings. The Morgan fingerprint density at radius 1 is 0.783 bits per heavy atom. The molecule has 1 aliphatic heterocycles. The van der Waals surface area contributed by atoms with E-state index in [2.05, 4.69) is 0 Å². The van der Waals surface area contributed by atoms with Gasteiger partial charge in [-0.3, -0.25) is 19.6 Å². The molecule has 4 N–H and O–H groups in total. The highest BCUT2D eigenvalue weighted by atomic mass is 32.2. The lowest BCUT2D eigenvalue weighted by molar-refractivity contribution is -0.145. The number of benzene rings is 4. The normalized spacial score (nSPS) is 13.3. The number of esters is 1. The number of nitrogens with one attached hydrogen (secondary N) is 1. The van der Waals surface area contributed by atoms with Crippen LogP contribution in [0.15, 0.2) is 109 Å². The molecule has 46 heavy (non-hydrogen) atoms. The van der Waals surface area contributed by atoms with Crippen LogP contribution in [0.4, 0.5) is 0 Å². The Labute approximate surface area is 270 Å². The predicted octanol–water partition coefficient (Wildman–Crippen LogP) is 5.74. The first-order chi connectivity index (χ1) is 22.1. The van der Waals surface area contributed by atoms with Crippen LogP contribution >= 0.6 is 0 Å². The Bertz CT molecular complexity index is 1690. The lowest BCUT2D eigenvalue weighted by Gasteiger charge is -2.31. The predicted molar refractivity (Wildman–Crippen MR) is 179 cm³/mol. The van der Waals surface area contributed by atoms with Gasteiger partial charge in [-0.05, 0) is 53.1 Å². The second-order valence-corrected chi connectivity index (χ2v) is 12.6. The molecule has 0 bridgehead atoms. The van der Waals surface area contributed by atoms with E-state index in [-0.39, 0.29) is 29.4 Å². The summed E-state index contributed by atoms with van der Waals surface area (Å²) in [5, 5.41) is 7.50. The van der Waals surface area contributed by atoms with Crippen LogP contribution in [0.25, 0.3) is 11.1 Å². The van der Waals surface area contributed by atoms with Gasteiger partial charge in [-0.25, -0.2) is 0 Å². The standard InChI is InChI=1S/C29H31N3O3.C7H8O3S/c30-28(31)25-10-6-23(7-11-25)24-8-12-26(13-9-24)29(34)32-17-14-22(15-18-32)20-27(33)35-19-16-21-4-2-1-3-5-21;8-11(9,10)6-7-4-2-1-3-5-7/h1-13,22H,14-20H2,(H3,30,31);1-5H,6H2,(H,8,9,10). The summed E-state index contributed by atoms with van der Waals surface area (Å²) in [6, 6.07) is 33.6. The van der Waals surface area contributed by atoms with Gasteiger partial charge in [0.25, 0.3) is 16.0 Å². The molecular formula is C36H39N3O6S. The summed E-state index contributed by atoms with van der Waals surface area (Å²) in [6.07, 6.45) is 2.75. The summed E-state index contributed by atoms with van der Waals surface area (Å²) in [4.78, 5) is 27.1. The summed E-state index contributed by atoms with van der Waals surface area (Å²) in [5.74, 6) is -0.150. The topological polar surface area (TPSA) is 151 Å². The Balaban J connectivity index is 0.000000369. The van der Waals surface area contributed by atoms with Crippen LogP contribution in [-0.4, -0.2) is 55.3 Å². The Kier molecular flexibility index (Phi) is 12.2. The number of rotatable bonds is 10. The summed E-state index contributed by atoms with van der Waals surface area (Å²) < 4.78 is 34.6. The van der Waals surface area contributed by atoms with Gasteiger partial charge in [-0.2, -0.15) is 8.42 Å². The van der Waals surface area contributed by atoms with Crippen molar-refractivity contribution in [1.82, 2.24) is 4.90 Å². The number of nitrogens with two attached hydrogens (primary N) is 1. The first-order valence-corrected chi connectivity index (χ1v) is 16.7. The maximum absolute atomic E-state index is 13.0. The van der Waals surface area contributed by atoms with Crippen molar-refractivity contribution in [3.05, 3.63) is 131 Å². The minimum absolute atomic E-state index is 0.0207. The van der Waals surface area contributed by atoms with Crippen molar-refractivity contribution in [2.45, 2.75) is 31.4 Å². The zero-order valence-electron chi connectivity index (χ0n) is 25.5. The molecule has 0 aliphatic carbocycles. The minimum Gasteiger partial charge on any atom is -0.465 e. The zero-order valence-corrected chi connectivity index (χ0v) is 26.4. The van der Waals surface area contributed by atoms with Crippen molar-refractivity contribution in [3.63, 3.8) is 0 Å². The molecule has 5 rings (SSSR count). The fraction of sp³-hybridized carbons (Fsp3) is 0.250. The van der Waals surface area contributed by atoms with Crippen LogP contribution in [0.5, 0.6) is 0 Å². The number of likely N-dealkylation sites (tertiary alicyclic amines) is 1. The van der Waals surface area contributed by atoms with Gasteiger partial charge < -0.3 is 15.4 Å². The lowest BCUT2D eigenvalue weighted by Crippen LogP contribution is -2.39. The molecule has 10 heteroatoms. The first kappa shape index (κ1) is 34.1. The third-order valence-electron chi connectivity index (χ3n) is 7.71. The van der Waals surface area contributed by atoms with Crippen LogP contribution in [0, 0.1) is 11.3 Å². The van der Waals surface area contributed by atoms with Gasteiger partial charge in [0.2, 0.25) is 0 Å². The number of carbonyl (C=O) groups excluding carboxylic acids is 2. The summed E-state index contributed by atoms with van der Waals surface area (Å²) in [5.41, 5.74) is 10.6. The van der Waals surface area contributed by atoms with E-state index in [9.17, 15) is 18.0 Å². The fourth-order valence-electron chi connectivity index (χ4n) is 5.18. The molecule has 1 fully saturated rings. The van der Waals surface area contributed by atoms with E-state index in [0.29, 0.717) is 42.8 Å². The highest BCUT2D eigenvalue weighted by molar-refractivity contribution is 7.85. The Hall–Kier alpha value is -4.80. The van der Waals surface area contributed by atoms with Crippen LogP contribution in [0.1, 0.15) is 46.3 Å². The maximum atomic E-state index is 13.0. The van der Waals surface area contributed by atoms with Gasteiger partial charge in [0.15, 0.2) is 0 Å². The van der Waals surface area contributed by atoms with Gasteiger partial charge in [-0.15, -0.1) is 0 Å². The summed E-state index contributed by atoms with van der Waals surface area (Å²) >= 11 is 0. The van der Waals surface area contributed by atoms with Crippen molar-refractivity contribution in [1.29, 1.82) is 5.41 Å². The number of piperidine rings is 1. The van der Waals surface area contributed by atoms with Crippen molar-refractivity contribution in [2.75, 3.05) is 19.7 Å². The number of nitrogen functional groups attached to an aromatic ring is 1. The van der Waals surface area contributed by atoms with Crippen molar-refractivity contribution in [3.8, 4) is 11.1 Å². The Morgan fingerprint density at radius 2 is 1.28 bits per heavy atom. The average Bonchev–Trinajstić information content (AvgIpc) is 3.05. The molecular weight excluding hydrogens is 602 g/mol. The molecule has 4 aromatic carbocycles. The summed E-state index contributed by atoms with van der Waals surface area (Å²) in [6.45, 7) is 1.70. The molecule has 4 aromatic rings. The maximum Gasteiger partial charge on any atom is 0.306 e. The van der Waals surface area contributed by atoms with Crippen molar-refractivity contribution >= 4 is 27.8 Å². The number of carbonyl (C=O) groups is 2. The highest BCUT2D eigenvalue weighted by Crippen LogP contribution is 2.24. The monoisotopic (exact) mass is 641 g/mol. The quantitative estimate of drug-likeness (QED) is 0.0865.